The Balaban J connectivity index is 1.60. The smallest absolute Gasteiger partial charge is 0.235 e. The van der Waals surface area contributed by atoms with E-state index < -0.39 is 11.5 Å². The second kappa shape index (κ2) is 6.24. The number of ether oxygens (including phenoxy) is 1. The number of likely N-dealkylation sites (tertiary alicyclic amines) is 1. The number of imide groups is 1. The Morgan fingerprint density at radius 1 is 1.17 bits per heavy atom. The molecule has 5 heteroatoms. The summed E-state index contributed by atoms with van der Waals surface area (Å²) in [5.74, 6) is 0.166. The number of aliphatic hydroxyl groups is 1. The molecule has 1 aliphatic heterocycles. The molecule has 1 saturated heterocycles. The van der Waals surface area contributed by atoms with Gasteiger partial charge >= 0.3 is 0 Å². The van der Waals surface area contributed by atoms with Crippen molar-refractivity contribution in [1.29, 1.82) is 0 Å². The Kier molecular flexibility index (Phi) is 4.28. The van der Waals surface area contributed by atoms with Gasteiger partial charge in [-0.25, -0.2) is 0 Å². The van der Waals surface area contributed by atoms with Gasteiger partial charge in [-0.1, -0.05) is 44.2 Å². The van der Waals surface area contributed by atoms with E-state index in [0.717, 1.165) is 15.7 Å². The summed E-state index contributed by atoms with van der Waals surface area (Å²) in [6, 6.07) is 13.6. The van der Waals surface area contributed by atoms with E-state index in [9.17, 15) is 14.7 Å². The molecule has 0 bridgehead atoms. The molecular weight excluding hydrogens is 306 g/mol. The van der Waals surface area contributed by atoms with Crippen molar-refractivity contribution in [3.63, 3.8) is 0 Å². The first-order valence-electron chi connectivity index (χ1n) is 8.01. The van der Waals surface area contributed by atoms with E-state index in [0.29, 0.717) is 5.75 Å². The molecule has 3 rings (SSSR count). The number of rotatable bonds is 5. The predicted molar refractivity (Wildman–Crippen MR) is 90.6 cm³/mol. The van der Waals surface area contributed by atoms with Gasteiger partial charge in [0, 0.05) is 6.42 Å². The molecule has 0 aromatic heterocycles. The van der Waals surface area contributed by atoms with Crippen LogP contribution in [0.1, 0.15) is 20.3 Å². The van der Waals surface area contributed by atoms with E-state index in [4.69, 9.17) is 4.74 Å². The third-order valence-corrected chi connectivity index (χ3v) is 4.27. The Hall–Kier alpha value is -2.40. The number of aliphatic hydroxyl groups excluding tert-OH is 1. The Bertz CT molecular complexity index is 784. The van der Waals surface area contributed by atoms with Crippen LogP contribution in [0.2, 0.25) is 0 Å². The maximum absolute atomic E-state index is 12.1. The van der Waals surface area contributed by atoms with Crippen LogP contribution in [0.5, 0.6) is 5.75 Å². The molecule has 1 aliphatic rings. The first-order chi connectivity index (χ1) is 11.4. The molecule has 1 N–H and O–H groups in total. The van der Waals surface area contributed by atoms with Crippen molar-refractivity contribution in [2.45, 2.75) is 26.4 Å². The van der Waals surface area contributed by atoms with Crippen molar-refractivity contribution >= 4 is 22.6 Å². The van der Waals surface area contributed by atoms with E-state index in [2.05, 4.69) is 0 Å². The van der Waals surface area contributed by atoms with Crippen molar-refractivity contribution in [1.82, 2.24) is 4.90 Å². The quantitative estimate of drug-likeness (QED) is 0.856. The summed E-state index contributed by atoms with van der Waals surface area (Å²) in [4.78, 5) is 25.2. The highest BCUT2D eigenvalue weighted by atomic mass is 16.5. The fraction of sp³-hybridized carbons (Fsp3) is 0.368. The molecule has 0 radical (unpaired) electrons. The molecule has 0 unspecified atom stereocenters. The number of amides is 2. The number of benzene rings is 2. The van der Waals surface area contributed by atoms with E-state index in [1.54, 1.807) is 13.8 Å². The molecule has 2 aromatic carbocycles. The van der Waals surface area contributed by atoms with Gasteiger partial charge in [-0.2, -0.15) is 0 Å². The average Bonchev–Trinajstić information content (AvgIpc) is 2.74. The summed E-state index contributed by atoms with van der Waals surface area (Å²) in [7, 11) is 0. The molecule has 2 aromatic rings. The molecule has 1 fully saturated rings. The van der Waals surface area contributed by atoms with Gasteiger partial charge in [-0.05, 0) is 22.9 Å². The minimum Gasteiger partial charge on any atom is -0.491 e. The van der Waals surface area contributed by atoms with Crippen LogP contribution in [0.25, 0.3) is 10.8 Å². The molecule has 2 amide bonds. The number of fused-ring (bicyclic) bond motifs is 1. The molecule has 24 heavy (non-hydrogen) atoms. The highest BCUT2D eigenvalue weighted by molar-refractivity contribution is 6.05. The lowest BCUT2D eigenvalue weighted by Crippen LogP contribution is -2.40. The zero-order valence-electron chi connectivity index (χ0n) is 13.9. The van der Waals surface area contributed by atoms with E-state index >= 15 is 0 Å². The van der Waals surface area contributed by atoms with Gasteiger partial charge in [0.2, 0.25) is 11.8 Å². The topological polar surface area (TPSA) is 66.8 Å². The van der Waals surface area contributed by atoms with Crippen LogP contribution in [0, 0.1) is 5.41 Å². The van der Waals surface area contributed by atoms with Crippen LogP contribution in [-0.4, -0.2) is 41.1 Å². The van der Waals surface area contributed by atoms with Crippen LogP contribution in [-0.2, 0) is 9.59 Å². The Labute approximate surface area is 140 Å². The van der Waals surface area contributed by atoms with Crippen LogP contribution in [0.4, 0.5) is 0 Å². The largest absolute Gasteiger partial charge is 0.491 e. The summed E-state index contributed by atoms with van der Waals surface area (Å²) in [6.45, 7) is 3.47. The summed E-state index contributed by atoms with van der Waals surface area (Å²) >= 11 is 0. The van der Waals surface area contributed by atoms with E-state index in [1.807, 2.05) is 42.5 Å². The molecule has 126 valence electrons. The SMILES string of the molecule is CC1(C)CC(=O)N(C[C@H](O)COc2ccc3ccccc3c2)C1=O. The van der Waals surface area contributed by atoms with Crippen LogP contribution >= 0.6 is 0 Å². The average molecular weight is 327 g/mol. The minimum atomic E-state index is -0.918. The van der Waals surface area contributed by atoms with Crippen LogP contribution in [0.15, 0.2) is 42.5 Å². The normalized spacial score (nSPS) is 18.2. The van der Waals surface area contributed by atoms with Crippen molar-refractivity contribution < 1.29 is 19.4 Å². The summed E-state index contributed by atoms with van der Waals surface area (Å²) < 4.78 is 5.61. The Morgan fingerprint density at radius 2 is 1.88 bits per heavy atom. The van der Waals surface area contributed by atoms with Gasteiger partial charge in [0.1, 0.15) is 18.5 Å². The lowest BCUT2D eigenvalue weighted by Gasteiger charge is -2.21. The van der Waals surface area contributed by atoms with E-state index in [1.165, 1.54) is 0 Å². The van der Waals surface area contributed by atoms with E-state index in [-0.39, 0.29) is 31.4 Å². The van der Waals surface area contributed by atoms with Gasteiger partial charge in [-0.15, -0.1) is 0 Å². The second-order valence-electron chi connectivity index (χ2n) is 6.84. The lowest BCUT2D eigenvalue weighted by molar-refractivity contribution is -0.142. The van der Waals surface area contributed by atoms with Gasteiger partial charge in [-0.3, -0.25) is 14.5 Å². The minimum absolute atomic E-state index is 0.0236. The van der Waals surface area contributed by atoms with Gasteiger partial charge in [0.15, 0.2) is 0 Å². The third-order valence-electron chi connectivity index (χ3n) is 4.27. The molecule has 5 nitrogen and oxygen atoms in total. The highest BCUT2D eigenvalue weighted by Gasteiger charge is 2.45. The molecule has 1 heterocycles. The number of nitrogens with zero attached hydrogens (tertiary/aromatic N) is 1. The number of carbonyl (C=O) groups is 2. The summed E-state index contributed by atoms with van der Waals surface area (Å²) in [5.41, 5.74) is -0.685. The molecule has 0 saturated carbocycles. The van der Waals surface area contributed by atoms with Gasteiger partial charge in [0.25, 0.3) is 0 Å². The number of β-amino-alcohol motifs (C(OH)–C–C–N with tert-alkyl or cyclic N) is 1. The Morgan fingerprint density at radius 3 is 2.54 bits per heavy atom. The lowest BCUT2D eigenvalue weighted by atomic mass is 9.92. The maximum atomic E-state index is 12.1. The summed E-state index contributed by atoms with van der Waals surface area (Å²) in [6.07, 6.45) is -0.734. The number of hydrogen-bond donors (Lipinski definition) is 1. The van der Waals surface area contributed by atoms with Gasteiger partial charge in [0.05, 0.1) is 12.0 Å². The highest BCUT2D eigenvalue weighted by Crippen LogP contribution is 2.31. The van der Waals surface area contributed by atoms with Crippen LogP contribution in [0.3, 0.4) is 0 Å². The second-order valence-corrected chi connectivity index (χ2v) is 6.84. The maximum Gasteiger partial charge on any atom is 0.235 e. The molecule has 1 atom stereocenters. The fourth-order valence-corrected chi connectivity index (χ4v) is 2.93. The van der Waals surface area contributed by atoms with Crippen molar-refractivity contribution in [3.05, 3.63) is 42.5 Å². The first kappa shape index (κ1) is 16.5. The fourth-order valence-electron chi connectivity index (χ4n) is 2.93. The predicted octanol–water partition coefficient (Wildman–Crippen LogP) is 2.36. The molecular formula is C19H21NO4. The van der Waals surface area contributed by atoms with Crippen molar-refractivity contribution in [2.75, 3.05) is 13.2 Å². The van der Waals surface area contributed by atoms with Crippen molar-refractivity contribution in [2.24, 2.45) is 5.41 Å². The zero-order valence-corrected chi connectivity index (χ0v) is 13.9. The number of carbonyl (C=O) groups excluding carboxylic acids is 2. The number of hydrogen-bond acceptors (Lipinski definition) is 4. The molecule has 0 spiro atoms. The molecule has 0 aliphatic carbocycles. The standard InChI is InChI=1S/C19H21NO4/c1-19(2)10-17(22)20(18(19)23)11-15(21)12-24-16-8-7-13-5-3-4-6-14(13)9-16/h3-9,15,21H,10-12H2,1-2H3/t15-/m0/s1. The first-order valence-corrected chi connectivity index (χ1v) is 8.01. The van der Waals surface area contributed by atoms with Gasteiger partial charge < -0.3 is 9.84 Å². The zero-order chi connectivity index (χ0) is 17.3. The summed E-state index contributed by atoms with van der Waals surface area (Å²) in [5, 5.41) is 12.3. The monoisotopic (exact) mass is 327 g/mol. The van der Waals surface area contributed by atoms with Crippen molar-refractivity contribution in [3.8, 4) is 5.75 Å². The van der Waals surface area contributed by atoms with Crippen LogP contribution < -0.4 is 4.74 Å². The third kappa shape index (κ3) is 3.26.